The third-order valence-corrected chi connectivity index (χ3v) is 5.11. The zero-order valence-corrected chi connectivity index (χ0v) is 16.7. The van der Waals surface area contributed by atoms with Gasteiger partial charge in [0.25, 0.3) is 0 Å². The molecule has 0 spiro atoms. The molecule has 31 heavy (non-hydrogen) atoms. The van der Waals surface area contributed by atoms with Crippen LogP contribution in [0.5, 0.6) is 11.5 Å². The van der Waals surface area contributed by atoms with Crippen LogP contribution >= 0.6 is 0 Å². The number of nitrogen functional groups attached to an aromatic ring is 2. The molecule has 1 heterocycles. The number of benzene rings is 4. The fraction of sp³-hybridized carbons (Fsp3) is 0. The van der Waals surface area contributed by atoms with E-state index in [1.54, 1.807) is 0 Å². The number of hydrogen-bond acceptors (Lipinski definition) is 5. The summed E-state index contributed by atoms with van der Waals surface area (Å²) in [5.41, 5.74) is 16.6. The van der Waals surface area contributed by atoms with E-state index in [-0.39, 0.29) is 0 Å². The van der Waals surface area contributed by atoms with Gasteiger partial charge in [-0.25, -0.2) is 0 Å². The first-order valence-electron chi connectivity index (χ1n) is 9.92. The fourth-order valence-electron chi connectivity index (χ4n) is 3.52. The molecule has 5 heteroatoms. The van der Waals surface area contributed by atoms with Gasteiger partial charge in [-0.05, 0) is 60.7 Å². The molecule has 5 rings (SSSR count). The maximum absolute atomic E-state index is 5.90. The lowest BCUT2D eigenvalue weighted by Gasteiger charge is -2.11. The van der Waals surface area contributed by atoms with E-state index in [1.165, 1.54) is 0 Å². The SMILES string of the molecule is Nc1ccc(Oc2ccc(-c3nnc(-c4ccc(N)cc4)c4ccccc34)cc2)cc1. The van der Waals surface area contributed by atoms with Gasteiger partial charge in [-0.1, -0.05) is 36.4 Å². The summed E-state index contributed by atoms with van der Waals surface area (Å²) in [6, 6.07) is 31.0. The van der Waals surface area contributed by atoms with Crippen molar-refractivity contribution in [3.05, 3.63) is 97.1 Å². The van der Waals surface area contributed by atoms with Gasteiger partial charge in [-0.3, -0.25) is 0 Å². The number of hydrogen-bond donors (Lipinski definition) is 2. The smallest absolute Gasteiger partial charge is 0.127 e. The molecule has 0 amide bonds. The van der Waals surface area contributed by atoms with Gasteiger partial charge in [0.15, 0.2) is 0 Å². The monoisotopic (exact) mass is 404 g/mol. The van der Waals surface area contributed by atoms with E-state index in [2.05, 4.69) is 22.3 Å². The number of ether oxygens (including phenoxy) is 1. The average Bonchev–Trinajstić information content (AvgIpc) is 2.81. The zero-order chi connectivity index (χ0) is 21.2. The molecule has 4 N–H and O–H groups in total. The van der Waals surface area contributed by atoms with E-state index >= 15 is 0 Å². The Labute approximate surface area is 179 Å². The molecule has 150 valence electrons. The predicted molar refractivity (Wildman–Crippen MR) is 126 cm³/mol. The van der Waals surface area contributed by atoms with Crippen LogP contribution in [0.3, 0.4) is 0 Å². The van der Waals surface area contributed by atoms with Crippen molar-refractivity contribution < 1.29 is 4.74 Å². The normalized spacial score (nSPS) is 10.8. The summed E-state index contributed by atoms with van der Waals surface area (Å²) < 4.78 is 5.90. The van der Waals surface area contributed by atoms with E-state index in [0.717, 1.165) is 50.5 Å². The van der Waals surface area contributed by atoms with Crippen molar-refractivity contribution in [2.75, 3.05) is 11.5 Å². The van der Waals surface area contributed by atoms with E-state index in [1.807, 2.05) is 84.9 Å². The maximum Gasteiger partial charge on any atom is 0.127 e. The lowest BCUT2D eigenvalue weighted by molar-refractivity contribution is 0.483. The molecule has 4 aromatic carbocycles. The quantitative estimate of drug-likeness (QED) is 0.363. The second kappa shape index (κ2) is 7.80. The van der Waals surface area contributed by atoms with E-state index in [9.17, 15) is 0 Å². The summed E-state index contributed by atoms with van der Waals surface area (Å²) >= 11 is 0. The number of fused-ring (bicyclic) bond motifs is 1. The molecule has 0 aliphatic carbocycles. The third-order valence-electron chi connectivity index (χ3n) is 5.11. The van der Waals surface area contributed by atoms with Gasteiger partial charge in [0.2, 0.25) is 0 Å². The van der Waals surface area contributed by atoms with Gasteiger partial charge < -0.3 is 16.2 Å². The molecule has 0 unspecified atom stereocenters. The highest BCUT2D eigenvalue weighted by atomic mass is 16.5. The summed E-state index contributed by atoms with van der Waals surface area (Å²) in [5, 5.41) is 11.2. The molecule has 1 aromatic heterocycles. The van der Waals surface area contributed by atoms with Crippen molar-refractivity contribution >= 4 is 22.1 Å². The standard InChI is InChI=1S/C26H20N4O/c27-19-9-5-17(6-10-19)25-23-3-1-2-4-24(23)26(30-29-25)18-7-13-21(14-8-18)31-22-15-11-20(28)12-16-22/h1-16H,27-28H2. The Bertz CT molecular complexity index is 1350. The predicted octanol–water partition coefficient (Wildman–Crippen LogP) is 5.92. The van der Waals surface area contributed by atoms with Gasteiger partial charge >= 0.3 is 0 Å². The highest BCUT2D eigenvalue weighted by Crippen LogP contribution is 2.33. The molecule has 0 radical (unpaired) electrons. The summed E-state index contributed by atoms with van der Waals surface area (Å²) in [6.07, 6.45) is 0. The molecular weight excluding hydrogens is 384 g/mol. The Kier molecular flexibility index (Phi) is 4.69. The van der Waals surface area contributed by atoms with Crippen molar-refractivity contribution in [1.82, 2.24) is 10.2 Å². The van der Waals surface area contributed by atoms with Crippen LogP contribution < -0.4 is 16.2 Å². The first-order chi connectivity index (χ1) is 15.2. The minimum absolute atomic E-state index is 0.704. The van der Waals surface area contributed by atoms with Crippen LogP contribution in [0.15, 0.2) is 97.1 Å². The number of nitrogens with zero attached hydrogens (tertiary/aromatic N) is 2. The van der Waals surface area contributed by atoms with E-state index in [0.29, 0.717) is 5.69 Å². The van der Waals surface area contributed by atoms with Crippen LogP contribution in [-0.4, -0.2) is 10.2 Å². The van der Waals surface area contributed by atoms with Crippen molar-refractivity contribution in [1.29, 1.82) is 0 Å². The lowest BCUT2D eigenvalue weighted by Crippen LogP contribution is -1.95. The molecule has 0 aliphatic heterocycles. The van der Waals surface area contributed by atoms with Crippen molar-refractivity contribution in [3.8, 4) is 34.0 Å². The van der Waals surface area contributed by atoms with Crippen LogP contribution in [-0.2, 0) is 0 Å². The molecule has 5 aromatic rings. The number of nitrogens with two attached hydrogens (primary N) is 2. The minimum atomic E-state index is 0.704. The van der Waals surface area contributed by atoms with Crippen LogP contribution in [0.1, 0.15) is 0 Å². The third kappa shape index (κ3) is 3.76. The molecular formula is C26H20N4O. The Morgan fingerprint density at radius 2 is 0.871 bits per heavy atom. The van der Waals surface area contributed by atoms with Crippen LogP contribution in [0, 0.1) is 0 Å². The van der Waals surface area contributed by atoms with E-state index in [4.69, 9.17) is 16.2 Å². The number of rotatable bonds is 4. The molecule has 0 fully saturated rings. The Morgan fingerprint density at radius 1 is 0.484 bits per heavy atom. The lowest BCUT2D eigenvalue weighted by atomic mass is 10.0. The molecule has 5 nitrogen and oxygen atoms in total. The number of anilines is 2. The first-order valence-corrected chi connectivity index (χ1v) is 9.92. The molecule has 0 saturated heterocycles. The van der Waals surface area contributed by atoms with Gasteiger partial charge in [0.1, 0.15) is 22.9 Å². The fourth-order valence-corrected chi connectivity index (χ4v) is 3.52. The van der Waals surface area contributed by atoms with Crippen molar-refractivity contribution in [2.45, 2.75) is 0 Å². The molecule has 0 aliphatic rings. The highest BCUT2D eigenvalue weighted by molar-refractivity contribution is 6.01. The summed E-state index contributed by atoms with van der Waals surface area (Å²) in [4.78, 5) is 0. The largest absolute Gasteiger partial charge is 0.457 e. The summed E-state index contributed by atoms with van der Waals surface area (Å²) in [7, 11) is 0. The molecule has 0 saturated carbocycles. The van der Waals surface area contributed by atoms with Crippen molar-refractivity contribution in [3.63, 3.8) is 0 Å². The first kappa shape index (κ1) is 18.6. The van der Waals surface area contributed by atoms with Crippen LogP contribution in [0.2, 0.25) is 0 Å². The van der Waals surface area contributed by atoms with Crippen LogP contribution in [0.4, 0.5) is 11.4 Å². The zero-order valence-electron chi connectivity index (χ0n) is 16.7. The van der Waals surface area contributed by atoms with Gasteiger partial charge in [0, 0.05) is 33.3 Å². The Morgan fingerprint density at radius 3 is 1.35 bits per heavy atom. The topological polar surface area (TPSA) is 87.0 Å². The maximum atomic E-state index is 5.90. The summed E-state index contributed by atoms with van der Waals surface area (Å²) in [5.74, 6) is 1.48. The number of aromatic nitrogens is 2. The molecule has 0 atom stereocenters. The second-order valence-electron chi connectivity index (χ2n) is 7.26. The summed E-state index contributed by atoms with van der Waals surface area (Å²) in [6.45, 7) is 0. The minimum Gasteiger partial charge on any atom is -0.457 e. The Hall–Kier alpha value is -4.38. The highest BCUT2D eigenvalue weighted by Gasteiger charge is 2.12. The van der Waals surface area contributed by atoms with Gasteiger partial charge in [-0.2, -0.15) is 0 Å². The van der Waals surface area contributed by atoms with Gasteiger partial charge in [0.05, 0.1) is 0 Å². The second-order valence-corrected chi connectivity index (χ2v) is 7.26. The van der Waals surface area contributed by atoms with Crippen LogP contribution in [0.25, 0.3) is 33.3 Å². The van der Waals surface area contributed by atoms with E-state index < -0.39 is 0 Å². The van der Waals surface area contributed by atoms with Crippen molar-refractivity contribution in [2.24, 2.45) is 0 Å². The Balaban J connectivity index is 1.51. The molecule has 0 bridgehead atoms. The average molecular weight is 404 g/mol. The van der Waals surface area contributed by atoms with Gasteiger partial charge in [-0.15, -0.1) is 10.2 Å².